The van der Waals surface area contributed by atoms with E-state index in [0.717, 1.165) is 43.8 Å². The fraction of sp³-hybridized carbons (Fsp3) is 0.296. The Morgan fingerprint density at radius 1 is 1.05 bits per heavy atom. The van der Waals surface area contributed by atoms with Gasteiger partial charge >= 0.3 is 0 Å². The smallest absolute Gasteiger partial charge is 0.272 e. The molecule has 5 rings (SSSR count). The number of halogens is 2. The zero-order valence-corrected chi connectivity index (χ0v) is 21.8. The molecule has 3 heterocycles. The second-order valence-corrected chi connectivity index (χ2v) is 11.4. The molecule has 0 atom stereocenters. The van der Waals surface area contributed by atoms with Gasteiger partial charge in [0.15, 0.2) is 11.6 Å². The highest BCUT2D eigenvalue weighted by molar-refractivity contribution is 7.92. The predicted octanol–water partition coefficient (Wildman–Crippen LogP) is 4.83. The van der Waals surface area contributed by atoms with Crippen molar-refractivity contribution in [3.63, 3.8) is 0 Å². The van der Waals surface area contributed by atoms with Crippen molar-refractivity contribution in [1.82, 2.24) is 14.9 Å². The van der Waals surface area contributed by atoms with Gasteiger partial charge in [-0.25, -0.2) is 17.2 Å². The summed E-state index contributed by atoms with van der Waals surface area (Å²) in [6.07, 6.45) is 3.53. The molecule has 0 unspecified atom stereocenters. The number of anilines is 1. The van der Waals surface area contributed by atoms with Crippen molar-refractivity contribution >= 4 is 26.6 Å². The van der Waals surface area contributed by atoms with Gasteiger partial charge in [0.2, 0.25) is 10.0 Å². The highest BCUT2D eigenvalue weighted by Gasteiger charge is 2.22. The Balaban J connectivity index is 1.69. The molecule has 3 N–H and O–H groups in total. The summed E-state index contributed by atoms with van der Waals surface area (Å²) < 4.78 is 62.6. The van der Waals surface area contributed by atoms with Crippen LogP contribution in [0.5, 0.6) is 11.5 Å². The van der Waals surface area contributed by atoms with Crippen LogP contribution in [0, 0.1) is 11.6 Å². The number of rotatable bonds is 7. The normalized spacial score (nSPS) is 14.6. The number of aromatic amines is 1. The van der Waals surface area contributed by atoms with Crippen molar-refractivity contribution in [2.45, 2.75) is 25.7 Å². The van der Waals surface area contributed by atoms with Gasteiger partial charge in [0.05, 0.1) is 5.75 Å². The number of H-pyrrole nitrogens is 1. The van der Waals surface area contributed by atoms with Gasteiger partial charge in [-0.3, -0.25) is 9.52 Å². The fourth-order valence-electron chi connectivity index (χ4n) is 4.84. The molecule has 0 radical (unpaired) electrons. The molecule has 1 saturated heterocycles. The molecule has 0 bridgehead atoms. The Morgan fingerprint density at radius 2 is 1.79 bits per heavy atom. The first kappa shape index (κ1) is 25.9. The number of hydrogen-bond donors (Lipinski definition) is 3. The maximum absolute atomic E-state index is 14.5. The van der Waals surface area contributed by atoms with E-state index in [2.05, 4.69) is 15.0 Å². The van der Waals surface area contributed by atoms with Gasteiger partial charge in [0.25, 0.3) is 5.56 Å². The molecule has 0 aliphatic carbocycles. The van der Waals surface area contributed by atoms with Crippen molar-refractivity contribution in [2.75, 3.05) is 23.6 Å². The maximum atomic E-state index is 14.5. The first-order valence-electron chi connectivity index (χ1n) is 12.4. The van der Waals surface area contributed by atoms with Gasteiger partial charge < -0.3 is 19.6 Å². The number of ether oxygens (including phenoxy) is 1. The molecule has 2 aromatic heterocycles. The molecule has 1 aliphatic heterocycles. The monoisotopic (exact) mass is 542 g/mol. The van der Waals surface area contributed by atoms with Gasteiger partial charge in [0.1, 0.15) is 17.1 Å². The van der Waals surface area contributed by atoms with E-state index in [1.54, 1.807) is 23.9 Å². The minimum Gasteiger partial charge on any atom is -0.454 e. The topological polar surface area (TPSA) is 105 Å². The lowest BCUT2D eigenvalue weighted by Gasteiger charge is -2.22. The van der Waals surface area contributed by atoms with Gasteiger partial charge in [-0.1, -0.05) is 0 Å². The second kappa shape index (κ2) is 10.2. The number of benzene rings is 2. The molecule has 1 fully saturated rings. The Labute approximate surface area is 218 Å². The summed E-state index contributed by atoms with van der Waals surface area (Å²) in [4.78, 5) is 16.2. The van der Waals surface area contributed by atoms with E-state index in [9.17, 15) is 22.0 Å². The van der Waals surface area contributed by atoms with Crippen LogP contribution >= 0.6 is 0 Å². The molecule has 0 spiro atoms. The number of sulfonamides is 1. The Kier molecular flexibility index (Phi) is 6.97. The fourth-order valence-corrected chi connectivity index (χ4v) is 5.47. The zero-order chi connectivity index (χ0) is 27.0. The summed E-state index contributed by atoms with van der Waals surface area (Å²) in [5.41, 5.74) is 2.37. The van der Waals surface area contributed by atoms with Crippen molar-refractivity contribution in [2.24, 2.45) is 7.05 Å². The van der Waals surface area contributed by atoms with Crippen LogP contribution in [0.2, 0.25) is 0 Å². The molecule has 0 amide bonds. The SMILES string of the molecule is CCS(=O)(=O)Nc1ccc(Oc2ccc(F)cc2F)c(-c2cn(C)c3c(=O)[nH]c(C4CCNCC4)cc23)c1. The van der Waals surface area contributed by atoms with E-state index in [4.69, 9.17) is 4.74 Å². The summed E-state index contributed by atoms with van der Waals surface area (Å²) in [6.45, 7) is 3.23. The summed E-state index contributed by atoms with van der Waals surface area (Å²) in [7, 11) is -1.83. The Morgan fingerprint density at radius 3 is 2.50 bits per heavy atom. The highest BCUT2D eigenvalue weighted by atomic mass is 32.2. The Bertz CT molecular complexity index is 1670. The van der Waals surface area contributed by atoms with Crippen molar-refractivity contribution in [3.05, 3.63) is 76.3 Å². The quantitative estimate of drug-likeness (QED) is 0.310. The molecule has 8 nitrogen and oxygen atoms in total. The largest absolute Gasteiger partial charge is 0.454 e. The van der Waals surface area contributed by atoms with Crippen LogP contribution in [-0.4, -0.2) is 36.8 Å². The summed E-state index contributed by atoms with van der Waals surface area (Å²) in [5, 5.41) is 3.98. The molecular weight excluding hydrogens is 514 g/mol. The first-order valence-corrected chi connectivity index (χ1v) is 14.0. The van der Waals surface area contributed by atoms with Crippen molar-refractivity contribution in [3.8, 4) is 22.6 Å². The van der Waals surface area contributed by atoms with Crippen LogP contribution in [0.4, 0.5) is 14.5 Å². The van der Waals surface area contributed by atoms with Crippen molar-refractivity contribution in [1.29, 1.82) is 0 Å². The molecule has 4 aromatic rings. The minimum atomic E-state index is -3.58. The number of pyridine rings is 1. The molecule has 2 aromatic carbocycles. The number of piperidine rings is 1. The highest BCUT2D eigenvalue weighted by Crippen LogP contribution is 2.40. The lowest BCUT2D eigenvalue weighted by molar-refractivity contribution is 0.439. The second-order valence-electron chi connectivity index (χ2n) is 9.39. The number of nitrogens with zero attached hydrogens (tertiary/aromatic N) is 1. The van der Waals surface area contributed by atoms with Gasteiger partial charge in [0, 0.05) is 53.1 Å². The van der Waals surface area contributed by atoms with Crippen LogP contribution < -0.4 is 20.3 Å². The average molecular weight is 543 g/mol. The minimum absolute atomic E-state index is 0.120. The third kappa shape index (κ3) is 5.16. The van der Waals surface area contributed by atoms with Crippen LogP contribution in [-0.2, 0) is 17.1 Å². The van der Waals surface area contributed by atoms with Gasteiger partial charge in [-0.15, -0.1) is 0 Å². The van der Waals surface area contributed by atoms with Gasteiger partial charge in [-0.2, -0.15) is 0 Å². The zero-order valence-electron chi connectivity index (χ0n) is 21.0. The number of hydrogen-bond acceptors (Lipinski definition) is 5. The van der Waals surface area contributed by atoms with Crippen LogP contribution in [0.1, 0.15) is 31.4 Å². The van der Waals surface area contributed by atoms with E-state index in [-0.39, 0.29) is 34.4 Å². The molecular formula is C27H28F2N4O4S. The molecule has 1 aliphatic rings. The lowest BCUT2D eigenvalue weighted by atomic mass is 9.93. The number of fused-ring (bicyclic) bond motifs is 1. The maximum Gasteiger partial charge on any atom is 0.272 e. The van der Waals surface area contributed by atoms with E-state index in [0.29, 0.717) is 22.0 Å². The van der Waals surface area contributed by atoms with E-state index in [1.807, 2.05) is 6.07 Å². The number of aromatic nitrogens is 2. The Hall–Kier alpha value is -3.70. The van der Waals surface area contributed by atoms with E-state index < -0.39 is 21.7 Å². The third-order valence-corrected chi connectivity index (χ3v) is 8.12. The summed E-state index contributed by atoms with van der Waals surface area (Å²) >= 11 is 0. The number of aryl methyl sites for hydroxylation is 1. The average Bonchev–Trinajstić information content (AvgIpc) is 3.23. The summed E-state index contributed by atoms with van der Waals surface area (Å²) in [5.74, 6) is -1.53. The van der Waals surface area contributed by atoms with Crippen LogP contribution in [0.25, 0.3) is 22.0 Å². The molecule has 38 heavy (non-hydrogen) atoms. The molecule has 11 heteroatoms. The third-order valence-electron chi connectivity index (χ3n) is 6.81. The standard InChI is InChI=1S/C27H28F2N4O4S/c1-3-38(35,36)32-18-5-7-24(37-25-6-4-17(28)12-22(25)29)19(13-18)21-15-33(2)26-20(21)14-23(31-27(26)34)16-8-10-30-11-9-16/h4-7,12-16,30,32H,3,8-11H2,1-2H3,(H,31,34). The van der Waals surface area contributed by atoms with Crippen molar-refractivity contribution < 1.29 is 21.9 Å². The van der Waals surface area contributed by atoms with Gasteiger partial charge in [-0.05, 0) is 69.3 Å². The first-order chi connectivity index (χ1) is 18.1. The predicted molar refractivity (Wildman–Crippen MR) is 143 cm³/mol. The lowest BCUT2D eigenvalue weighted by Crippen LogP contribution is -2.28. The van der Waals surface area contributed by atoms with E-state index >= 15 is 0 Å². The summed E-state index contributed by atoms with van der Waals surface area (Å²) in [6, 6.07) is 9.56. The van der Waals surface area contributed by atoms with Crippen LogP contribution in [0.15, 0.2) is 53.5 Å². The molecule has 200 valence electrons. The van der Waals surface area contributed by atoms with Crippen LogP contribution in [0.3, 0.4) is 0 Å². The molecule has 0 saturated carbocycles. The number of nitrogens with one attached hydrogen (secondary N) is 3. The van der Waals surface area contributed by atoms with E-state index in [1.165, 1.54) is 25.1 Å².